The lowest BCUT2D eigenvalue weighted by Crippen LogP contribution is -2.44. The fourth-order valence-corrected chi connectivity index (χ4v) is 3.48. The second-order valence-electron chi connectivity index (χ2n) is 6.22. The molecule has 0 saturated carbocycles. The third-order valence-corrected chi connectivity index (χ3v) is 5.19. The smallest absolute Gasteiger partial charge is 0.224 e. The van der Waals surface area contributed by atoms with Crippen LogP contribution in [0.4, 0.5) is 0 Å². The zero-order valence-electron chi connectivity index (χ0n) is 13.0. The fourth-order valence-electron chi connectivity index (χ4n) is 2.73. The first-order chi connectivity index (χ1) is 10.1. The monoisotopic (exact) mass is 309 g/mol. The summed E-state index contributed by atoms with van der Waals surface area (Å²) >= 11 is 1.82. The van der Waals surface area contributed by atoms with Crippen molar-refractivity contribution in [2.75, 3.05) is 19.6 Å². The van der Waals surface area contributed by atoms with Crippen LogP contribution in [-0.4, -0.2) is 36.5 Å². The van der Waals surface area contributed by atoms with Crippen LogP contribution in [0.1, 0.15) is 31.6 Å². The number of thiophene rings is 1. The maximum atomic E-state index is 12.0. The summed E-state index contributed by atoms with van der Waals surface area (Å²) in [5.74, 6) is 0.527. The summed E-state index contributed by atoms with van der Waals surface area (Å²) in [7, 11) is 0. The average Bonchev–Trinajstić information content (AvgIpc) is 2.97. The van der Waals surface area contributed by atoms with E-state index >= 15 is 0 Å². The molecule has 0 aliphatic carbocycles. The molecule has 3 N–H and O–H groups in total. The Balaban J connectivity index is 1.75. The van der Waals surface area contributed by atoms with Gasteiger partial charge in [-0.2, -0.15) is 0 Å². The molecule has 1 amide bonds. The van der Waals surface area contributed by atoms with Crippen molar-refractivity contribution in [1.82, 2.24) is 10.2 Å². The van der Waals surface area contributed by atoms with Crippen LogP contribution in [0.15, 0.2) is 17.5 Å². The Morgan fingerprint density at radius 2 is 2.38 bits per heavy atom. The molecule has 3 atom stereocenters. The van der Waals surface area contributed by atoms with Crippen molar-refractivity contribution in [2.45, 2.75) is 39.3 Å². The third kappa shape index (κ3) is 5.09. The summed E-state index contributed by atoms with van der Waals surface area (Å²) in [6, 6.07) is 4.21. The fraction of sp³-hybridized carbons (Fsp3) is 0.688. The molecule has 2 heterocycles. The standard InChI is InChI=1S/C16H27N3OS/c1-12(13(2)17)16(20)18-9-14-5-3-7-19(10-14)11-15-6-4-8-21-15/h4,6,8,12-14H,3,5,7,9-11,17H2,1-2H3,(H,18,20). The van der Waals surface area contributed by atoms with Gasteiger partial charge in [0.2, 0.25) is 5.91 Å². The molecule has 0 spiro atoms. The lowest BCUT2D eigenvalue weighted by molar-refractivity contribution is -0.125. The normalized spacial score (nSPS) is 22.7. The number of amides is 1. The maximum absolute atomic E-state index is 12.0. The largest absolute Gasteiger partial charge is 0.355 e. The van der Waals surface area contributed by atoms with E-state index in [9.17, 15) is 4.79 Å². The lowest BCUT2D eigenvalue weighted by atomic mass is 9.97. The van der Waals surface area contributed by atoms with Gasteiger partial charge in [0, 0.05) is 36.5 Å². The van der Waals surface area contributed by atoms with E-state index in [1.165, 1.54) is 24.3 Å². The Morgan fingerprint density at radius 3 is 3.05 bits per heavy atom. The second kappa shape index (κ2) is 7.92. The van der Waals surface area contributed by atoms with Crippen LogP contribution in [0.5, 0.6) is 0 Å². The Morgan fingerprint density at radius 1 is 1.57 bits per heavy atom. The highest BCUT2D eigenvalue weighted by Crippen LogP contribution is 2.20. The van der Waals surface area contributed by atoms with E-state index in [4.69, 9.17) is 5.73 Å². The lowest BCUT2D eigenvalue weighted by Gasteiger charge is -2.32. The van der Waals surface area contributed by atoms with Crippen molar-refractivity contribution in [3.05, 3.63) is 22.4 Å². The number of carbonyl (C=O) groups excluding carboxylic acids is 1. The van der Waals surface area contributed by atoms with E-state index in [-0.39, 0.29) is 17.9 Å². The van der Waals surface area contributed by atoms with Crippen LogP contribution in [0.3, 0.4) is 0 Å². The summed E-state index contributed by atoms with van der Waals surface area (Å²) in [5, 5.41) is 5.20. The molecule has 0 bridgehead atoms. The molecule has 1 saturated heterocycles. The van der Waals surface area contributed by atoms with Crippen molar-refractivity contribution in [3.8, 4) is 0 Å². The minimum atomic E-state index is -0.115. The van der Waals surface area contributed by atoms with E-state index in [2.05, 4.69) is 27.7 Å². The molecule has 118 valence electrons. The first kappa shape index (κ1) is 16.5. The number of nitrogens with one attached hydrogen (secondary N) is 1. The minimum Gasteiger partial charge on any atom is -0.355 e. The number of piperidine rings is 1. The molecule has 5 heteroatoms. The Bertz CT molecular complexity index is 433. The quantitative estimate of drug-likeness (QED) is 0.845. The molecule has 1 aliphatic rings. The number of rotatable bonds is 6. The number of carbonyl (C=O) groups is 1. The van der Waals surface area contributed by atoms with Gasteiger partial charge in [0.1, 0.15) is 0 Å². The molecule has 0 radical (unpaired) electrons. The number of hydrogen-bond acceptors (Lipinski definition) is 4. The van der Waals surface area contributed by atoms with Gasteiger partial charge in [-0.1, -0.05) is 13.0 Å². The first-order valence-electron chi connectivity index (χ1n) is 7.84. The van der Waals surface area contributed by atoms with Crippen LogP contribution in [-0.2, 0) is 11.3 Å². The van der Waals surface area contributed by atoms with Gasteiger partial charge in [0.25, 0.3) is 0 Å². The van der Waals surface area contributed by atoms with Crippen molar-refractivity contribution in [1.29, 1.82) is 0 Å². The number of nitrogens with zero attached hydrogens (tertiary/aromatic N) is 1. The van der Waals surface area contributed by atoms with E-state index in [0.717, 1.165) is 19.6 Å². The zero-order chi connectivity index (χ0) is 15.2. The molecular weight excluding hydrogens is 282 g/mol. The zero-order valence-corrected chi connectivity index (χ0v) is 13.9. The summed E-state index contributed by atoms with van der Waals surface area (Å²) in [6.07, 6.45) is 2.42. The van der Waals surface area contributed by atoms with E-state index in [1.807, 2.05) is 25.2 Å². The van der Waals surface area contributed by atoms with Crippen molar-refractivity contribution >= 4 is 17.2 Å². The van der Waals surface area contributed by atoms with Crippen LogP contribution >= 0.6 is 11.3 Å². The van der Waals surface area contributed by atoms with Crippen LogP contribution in [0, 0.1) is 11.8 Å². The highest BCUT2D eigenvalue weighted by molar-refractivity contribution is 7.09. The van der Waals surface area contributed by atoms with E-state index < -0.39 is 0 Å². The molecule has 1 aliphatic heterocycles. The van der Waals surface area contributed by atoms with Gasteiger partial charge < -0.3 is 11.1 Å². The Kier molecular flexibility index (Phi) is 6.21. The highest BCUT2D eigenvalue weighted by atomic mass is 32.1. The molecule has 21 heavy (non-hydrogen) atoms. The van der Waals surface area contributed by atoms with Crippen LogP contribution in [0.2, 0.25) is 0 Å². The molecule has 3 unspecified atom stereocenters. The van der Waals surface area contributed by atoms with E-state index in [1.54, 1.807) is 0 Å². The Labute approximate surface area is 131 Å². The molecule has 2 rings (SSSR count). The Hall–Kier alpha value is -0.910. The minimum absolute atomic E-state index is 0.0837. The maximum Gasteiger partial charge on any atom is 0.224 e. The molecule has 1 aromatic heterocycles. The predicted molar refractivity (Wildman–Crippen MR) is 88.1 cm³/mol. The van der Waals surface area contributed by atoms with E-state index in [0.29, 0.717) is 5.92 Å². The van der Waals surface area contributed by atoms with Crippen molar-refractivity contribution < 1.29 is 4.79 Å². The SMILES string of the molecule is CC(N)C(C)C(=O)NCC1CCCN(Cc2cccs2)C1. The average molecular weight is 309 g/mol. The molecule has 0 aromatic carbocycles. The number of hydrogen-bond donors (Lipinski definition) is 2. The van der Waals surface area contributed by atoms with Gasteiger partial charge in [-0.15, -0.1) is 11.3 Å². The second-order valence-corrected chi connectivity index (χ2v) is 7.25. The van der Waals surface area contributed by atoms with Gasteiger partial charge >= 0.3 is 0 Å². The summed E-state index contributed by atoms with van der Waals surface area (Å²) in [6.45, 7) is 7.83. The van der Waals surface area contributed by atoms with Crippen molar-refractivity contribution in [2.24, 2.45) is 17.6 Å². The van der Waals surface area contributed by atoms with Gasteiger partial charge in [-0.05, 0) is 43.7 Å². The summed E-state index contributed by atoms with van der Waals surface area (Å²) < 4.78 is 0. The number of nitrogens with two attached hydrogens (primary N) is 1. The predicted octanol–water partition coefficient (Wildman–Crippen LogP) is 2.06. The van der Waals surface area contributed by atoms with Crippen LogP contribution in [0.25, 0.3) is 0 Å². The first-order valence-corrected chi connectivity index (χ1v) is 8.72. The van der Waals surface area contributed by atoms with Gasteiger partial charge in [-0.25, -0.2) is 0 Å². The molecule has 1 fully saturated rings. The third-order valence-electron chi connectivity index (χ3n) is 4.33. The van der Waals surface area contributed by atoms with Gasteiger partial charge in [0.15, 0.2) is 0 Å². The molecular formula is C16H27N3OS. The van der Waals surface area contributed by atoms with Gasteiger partial charge in [-0.3, -0.25) is 9.69 Å². The van der Waals surface area contributed by atoms with Crippen molar-refractivity contribution in [3.63, 3.8) is 0 Å². The van der Waals surface area contributed by atoms with Crippen LogP contribution < -0.4 is 11.1 Å². The van der Waals surface area contributed by atoms with Gasteiger partial charge in [0.05, 0.1) is 0 Å². The highest BCUT2D eigenvalue weighted by Gasteiger charge is 2.22. The molecule has 1 aromatic rings. The number of likely N-dealkylation sites (tertiary alicyclic amines) is 1. The topological polar surface area (TPSA) is 58.4 Å². The molecule has 4 nitrogen and oxygen atoms in total. The summed E-state index contributed by atoms with van der Waals surface area (Å²) in [5.41, 5.74) is 5.78. The summed E-state index contributed by atoms with van der Waals surface area (Å²) in [4.78, 5) is 15.9.